The van der Waals surface area contributed by atoms with Gasteiger partial charge in [0.2, 0.25) is 0 Å². The van der Waals surface area contributed by atoms with Gasteiger partial charge in [0.1, 0.15) is 5.75 Å². The molecule has 3 rings (SSSR count). The smallest absolute Gasteiger partial charge is 0.271 e. The number of halogens is 1. The van der Waals surface area contributed by atoms with Gasteiger partial charge in [0.15, 0.2) is 0 Å². The Hall–Kier alpha value is -2.86. The average Bonchev–Trinajstić information content (AvgIpc) is 2.90. The van der Waals surface area contributed by atoms with E-state index in [9.17, 15) is 4.79 Å². The van der Waals surface area contributed by atoms with Crippen molar-refractivity contribution in [3.63, 3.8) is 0 Å². The van der Waals surface area contributed by atoms with Crippen LogP contribution in [0, 0.1) is 27.7 Å². The van der Waals surface area contributed by atoms with Crippen molar-refractivity contribution in [1.82, 2.24) is 9.99 Å². The van der Waals surface area contributed by atoms with Gasteiger partial charge in [0.25, 0.3) is 5.91 Å². The second-order valence-corrected chi connectivity index (χ2v) is 7.80. The third kappa shape index (κ3) is 4.43. The molecule has 1 heterocycles. The van der Waals surface area contributed by atoms with Gasteiger partial charge in [-0.2, -0.15) is 5.10 Å². The van der Waals surface area contributed by atoms with E-state index in [1.54, 1.807) is 37.6 Å². The molecule has 0 atom stereocenters. The van der Waals surface area contributed by atoms with E-state index in [4.69, 9.17) is 4.74 Å². The van der Waals surface area contributed by atoms with Crippen LogP contribution in [-0.2, 0) is 0 Å². The number of hydrazone groups is 1. The monoisotopic (exact) mass is 453 g/mol. The summed E-state index contributed by atoms with van der Waals surface area (Å²) in [5.74, 6) is 0.427. The van der Waals surface area contributed by atoms with E-state index in [0.717, 1.165) is 27.1 Å². The normalized spacial score (nSPS) is 11.1. The minimum absolute atomic E-state index is 0.275. The Morgan fingerprint density at radius 3 is 2.24 bits per heavy atom. The highest BCUT2D eigenvalue weighted by Crippen LogP contribution is 2.30. The van der Waals surface area contributed by atoms with Gasteiger partial charge in [0, 0.05) is 32.7 Å². The number of benzene rings is 2. The van der Waals surface area contributed by atoms with Crippen molar-refractivity contribution in [3.8, 4) is 11.4 Å². The summed E-state index contributed by atoms with van der Waals surface area (Å²) in [5.41, 5.74) is 9.69. The van der Waals surface area contributed by atoms with Crippen LogP contribution >= 0.6 is 15.9 Å². The molecule has 0 aliphatic heterocycles. The number of ether oxygens (including phenoxy) is 1. The number of hydrogen-bond donors (Lipinski definition) is 1. The zero-order chi connectivity index (χ0) is 21.1. The molecule has 1 N–H and O–H groups in total. The lowest BCUT2D eigenvalue weighted by molar-refractivity contribution is 0.0955. The summed E-state index contributed by atoms with van der Waals surface area (Å²) in [5, 5.41) is 4.17. The number of nitrogens with zero attached hydrogens (tertiary/aromatic N) is 2. The molecule has 29 heavy (non-hydrogen) atoms. The lowest BCUT2D eigenvalue weighted by Gasteiger charge is -2.11. The van der Waals surface area contributed by atoms with Crippen molar-refractivity contribution in [3.05, 3.63) is 80.6 Å². The molecule has 5 nitrogen and oxygen atoms in total. The maximum absolute atomic E-state index is 12.3. The molecule has 1 amide bonds. The second-order valence-electron chi connectivity index (χ2n) is 7.01. The third-order valence-corrected chi connectivity index (χ3v) is 5.79. The van der Waals surface area contributed by atoms with Crippen LogP contribution in [0.4, 0.5) is 0 Å². The largest absolute Gasteiger partial charge is 0.497 e. The van der Waals surface area contributed by atoms with Crippen molar-refractivity contribution in [1.29, 1.82) is 0 Å². The minimum atomic E-state index is -0.275. The van der Waals surface area contributed by atoms with Crippen molar-refractivity contribution < 1.29 is 9.53 Å². The van der Waals surface area contributed by atoms with Gasteiger partial charge in [-0.05, 0) is 91.1 Å². The van der Waals surface area contributed by atoms with E-state index in [2.05, 4.69) is 70.0 Å². The van der Waals surface area contributed by atoms with Gasteiger partial charge >= 0.3 is 0 Å². The first-order chi connectivity index (χ1) is 13.8. The summed E-state index contributed by atoms with van der Waals surface area (Å²) < 4.78 is 8.26. The Morgan fingerprint density at radius 2 is 1.66 bits per heavy atom. The molecule has 150 valence electrons. The molecule has 0 saturated heterocycles. The number of carbonyl (C=O) groups is 1. The van der Waals surface area contributed by atoms with Crippen LogP contribution in [-0.4, -0.2) is 23.8 Å². The van der Waals surface area contributed by atoms with Crippen LogP contribution in [0.3, 0.4) is 0 Å². The number of rotatable bonds is 5. The molecule has 1 aromatic heterocycles. The van der Waals surface area contributed by atoms with Crippen LogP contribution in [0.1, 0.15) is 38.4 Å². The maximum Gasteiger partial charge on any atom is 0.271 e. The zero-order valence-corrected chi connectivity index (χ0v) is 18.8. The van der Waals surface area contributed by atoms with E-state index in [1.165, 1.54) is 11.1 Å². The van der Waals surface area contributed by atoms with Gasteiger partial charge in [-0.15, -0.1) is 0 Å². The molecule has 3 aromatic rings. The third-order valence-electron chi connectivity index (χ3n) is 4.79. The fourth-order valence-corrected chi connectivity index (χ4v) is 3.97. The predicted molar refractivity (Wildman–Crippen MR) is 120 cm³/mol. The maximum atomic E-state index is 12.3. The number of amides is 1. The Labute approximate surface area is 179 Å². The van der Waals surface area contributed by atoms with E-state index in [1.807, 2.05) is 6.92 Å². The van der Waals surface area contributed by atoms with E-state index < -0.39 is 0 Å². The molecule has 0 fully saturated rings. The molecule has 0 spiro atoms. The first kappa shape index (κ1) is 20.9. The quantitative estimate of drug-likeness (QED) is 0.423. The molecular formula is C23H24BrN3O2. The number of carbonyl (C=O) groups excluding carboxylic acids is 1. The van der Waals surface area contributed by atoms with Gasteiger partial charge < -0.3 is 9.30 Å². The van der Waals surface area contributed by atoms with Crippen LogP contribution < -0.4 is 10.2 Å². The minimum Gasteiger partial charge on any atom is -0.497 e. The van der Waals surface area contributed by atoms with Gasteiger partial charge in [-0.1, -0.05) is 6.07 Å². The Morgan fingerprint density at radius 1 is 1.03 bits per heavy atom. The summed E-state index contributed by atoms with van der Waals surface area (Å²) in [6.45, 7) is 8.29. The highest BCUT2D eigenvalue weighted by atomic mass is 79.9. The number of aromatic nitrogens is 1. The van der Waals surface area contributed by atoms with Crippen LogP contribution in [0.15, 0.2) is 52.0 Å². The second kappa shape index (κ2) is 8.66. The fraction of sp³-hybridized carbons (Fsp3) is 0.217. The molecule has 0 saturated carbocycles. The van der Waals surface area contributed by atoms with Crippen LogP contribution in [0.25, 0.3) is 5.69 Å². The number of aryl methyl sites for hydroxylation is 2. The fourth-order valence-electron chi connectivity index (χ4n) is 3.40. The first-order valence-corrected chi connectivity index (χ1v) is 10.0. The summed E-state index contributed by atoms with van der Waals surface area (Å²) in [6, 6.07) is 13.4. The summed E-state index contributed by atoms with van der Waals surface area (Å²) in [6.07, 6.45) is 1.67. The summed E-state index contributed by atoms with van der Waals surface area (Å²) >= 11 is 3.68. The SMILES string of the molecule is COc1ccc(C(=O)N/N=C\c2c(Br)c(C)n(-c3cc(C)cc(C)c3)c2C)cc1. The summed E-state index contributed by atoms with van der Waals surface area (Å²) in [7, 11) is 1.59. The highest BCUT2D eigenvalue weighted by Gasteiger charge is 2.16. The molecule has 2 aromatic carbocycles. The van der Waals surface area contributed by atoms with E-state index in [-0.39, 0.29) is 5.91 Å². The predicted octanol–water partition coefficient (Wildman–Crippen LogP) is 5.25. The topological polar surface area (TPSA) is 55.6 Å². The zero-order valence-electron chi connectivity index (χ0n) is 17.2. The number of nitrogens with one attached hydrogen (secondary N) is 1. The molecule has 6 heteroatoms. The van der Waals surface area contributed by atoms with Gasteiger partial charge in [-0.25, -0.2) is 5.43 Å². The first-order valence-electron chi connectivity index (χ1n) is 9.25. The Kier molecular flexibility index (Phi) is 6.23. The molecule has 0 aliphatic rings. The molecule has 0 aliphatic carbocycles. The molecule has 0 bridgehead atoms. The lowest BCUT2D eigenvalue weighted by Crippen LogP contribution is -2.17. The average molecular weight is 454 g/mol. The molecule has 0 radical (unpaired) electrons. The highest BCUT2D eigenvalue weighted by molar-refractivity contribution is 9.10. The van der Waals surface area contributed by atoms with Crippen LogP contribution in [0.5, 0.6) is 5.75 Å². The lowest BCUT2D eigenvalue weighted by atomic mass is 10.1. The summed E-state index contributed by atoms with van der Waals surface area (Å²) in [4.78, 5) is 12.3. The Bertz CT molecular complexity index is 1060. The standard InChI is InChI=1S/C23H24BrN3O2/c1-14-10-15(2)12-19(11-14)27-16(3)21(22(24)17(27)4)13-25-26-23(28)18-6-8-20(29-5)9-7-18/h6-13H,1-5H3,(H,26,28)/b25-13-. The van der Waals surface area contributed by atoms with Crippen LogP contribution in [0.2, 0.25) is 0 Å². The molecular weight excluding hydrogens is 430 g/mol. The number of methoxy groups -OCH3 is 1. The van der Waals surface area contributed by atoms with Gasteiger partial charge in [-0.3, -0.25) is 4.79 Å². The molecule has 0 unspecified atom stereocenters. The van der Waals surface area contributed by atoms with E-state index >= 15 is 0 Å². The number of hydrogen-bond acceptors (Lipinski definition) is 3. The van der Waals surface area contributed by atoms with Crippen molar-refractivity contribution in [2.24, 2.45) is 5.10 Å². The van der Waals surface area contributed by atoms with E-state index in [0.29, 0.717) is 11.3 Å². The van der Waals surface area contributed by atoms with Crippen molar-refractivity contribution >= 4 is 28.1 Å². The Balaban J connectivity index is 1.85. The van der Waals surface area contributed by atoms with Crippen molar-refractivity contribution in [2.75, 3.05) is 7.11 Å². The van der Waals surface area contributed by atoms with Gasteiger partial charge in [0.05, 0.1) is 13.3 Å². The van der Waals surface area contributed by atoms with Crippen molar-refractivity contribution in [2.45, 2.75) is 27.7 Å².